The molecule has 1 heterocycles. The molecule has 204 valence electrons. The topological polar surface area (TPSA) is 104 Å². The van der Waals surface area contributed by atoms with Gasteiger partial charge in [0.15, 0.2) is 0 Å². The number of nitrogens with two attached hydrogens (primary N) is 1. The molecule has 0 amide bonds. The van der Waals surface area contributed by atoms with E-state index in [-0.39, 0.29) is 22.8 Å². The lowest BCUT2D eigenvalue weighted by atomic mass is 10.0. The molecule has 2 N–H and O–H groups in total. The quantitative estimate of drug-likeness (QED) is 0.242. The Morgan fingerprint density at radius 2 is 1.59 bits per heavy atom. The monoisotopic (exact) mass is 557 g/mol. The summed E-state index contributed by atoms with van der Waals surface area (Å²) in [5.74, 6) is -0.335. The van der Waals surface area contributed by atoms with Crippen molar-refractivity contribution in [3.8, 4) is 22.7 Å². The van der Waals surface area contributed by atoms with Crippen molar-refractivity contribution in [1.29, 1.82) is 0 Å². The molecule has 0 aliphatic heterocycles. The summed E-state index contributed by atoms with van der Waals surface area (Å²) in [4.78, 5) is 12.4. The molecule has 4 rings (SSSR count). The highest BCUT2D eigenvalue weighted by atomic mass is 32.2. The largest absolute Gasteiger partial charge is 0.573 e. The van der Waals surface area contributed by atoms with Gasteiger partial charge in [-0.15, -0.1) is 13.2 Å². The molecule has 7 nitrogen and oxygen atoms in total. The molecule has 0 aliphatic carbocycles. The van der Waals surface area contributed by atoms with Gasteiger partial charge in [-0.1, -0.05) is 42.5 Å². The molecule has 3 aromatic carbocycles. The Hall–Kier alpha value is -3.96. The molecular weight excluding hydrogens is 531 g/mol. The lowest BCUT2D eigenvalue weighted by Crippen LogP contribution is -2.17. The number of hydrogen-bond donors (Lipinski definition) is 1. The fraction of sp³-hybridized carbons (Fsp3) is 0.214. The predicted molar refractivity (Wildman–Crippen MR) is 140 cm³/mol. The number of ether oxygens (including phenoxy) is 1. The normalized spacial score (nSPS) is 11.9. The number of carbonyl (C=O) groups excluding carboxylic acids is 1. The third kappa shape index (κ3) is 8.01. The molecule has 0 saturated heterocycles. The summed E-state index contributed by atoms with van der Waals surface area (Å²) in [5.41, 5.74) is 3.89. The van der Waals surface area contributed by atoms with Gasteiger partial charge in [-0.25, -0.2) is 18.2 Å². The molecule has 0 radical (unpaired) electrons. The lowest BCUT2D eigenvalue weighted by Gasteiger charge is -2.09. The molecule has 11 heteroatoms. The van der Waals surface area contributed by atoms with Gasteiger partial charge >= 0.3 is 6.36 Å². The number of alkyl halides is 3. The number of nitrogens with zero attached hydrogens (tertiary/aromatic N) is 2. The number of halogens is 3. The van der Waals surface area contributed by atoms with Crippen molar-refractivity contribution >= 4 is 15.8 Å². The minimum absolute atomic E-state index is 0.00932. The van der Waals surface area contributed by atoms with Gasteiger partial charge < -0.3 is 4.74 Å². The van der Waals surface area contributed by atoms with Crippen molar-refractivity contribution < 1.29 is 31.1 Å². The van der Waals surface area contributed by atoms with E-state index in [4.69, 9.17) is 10.2 Å². The van der Waals surface area contributed by atoms with Gasteiger partial charge in [-0.2, -0.15) is 5.10 Å². The summed E-state index contributed by atoms with van der Waals surface area (Å²) in [7, 11) is -3.81. The number of rotatable bonds is 11. The minimum Gasteiger partial charge on any atom is -0.406 e. The molecule has 0 spiro atoms. The number of ketones is 1. The van der Waals surface area contributed by atoms with E-state index in [9.17, 15) is 26.4 Å². The number of sulfonamides is 1. The molecule has 0 bridgehead atoms. The van der Waals surface area contributed by atoms with Gasteiger partial charge in [0.05, 0.1) is 22.0 Å². The van der Waals surface area contributed by atoms with E-state index in [1.165, 1.54) is 36.4 Å². The van der Waals surface area contributed by atoms with Gasteiger partial charge in [0.1, 0.15) is 11.5 Å². The summed E-state index contributed by atoms with van der Waals surface area (Å²) in [6.45, 7) is 0. The Bertz CT molecular complexity index is 1520. The maximum Gasteiger partial charge on any atom is 0.573 e. The number of aryl methyl sites for hydroxylation is 1. The summed E-state index contributed by atoms with van der Waals surface area (Å²) < 4.78 is 65.7. The molecule has 0 aliphatic rings. The highest BCUT2D eigenvalue weighted by Gasteiger charge is 2.31. The lowest BCUT2D eigenvalue weighted by molar-refractivity contribution is -0.274. The van der Waals surface area contributed by atoms with Crippen LogP contribution in [0.25, 0.3) is 16.9 Å². The first-order chi connectivity index (χ1) is 18.5. The second-order valence-corrected chi connectivity index (χ2v) is 10.5. The van der Waals surface area contributed by atoms with Gasteiger partial charge in [-0.3, -0.25) is 4.79 Å². The van der Waals surface area contributed by atoms with Gasteiger partial charge in [0.2, 0.25) is 10.0 Å². The zero-order valence-electron chi connectivity index (χ0n) is 20.8. The highest BCUT2D eigenvalue weighted by molar-refractivity contribution is 7.89. The van der Waals surface area contributed by atoms with Crippen LogP contribution in [-0.4, -0.2) is 30.3 Å². The summed E-state index contributed by atoms with van der Waals surface area (Å²) in [5, 5.41) is 9.94. The third-order valence-electron chi connectivity index (χ3n) is 5.94. The van der Waals surface area contributed by atoms with Crippen LogP contribution in [0.3, 0.4) is 0 Å². The SMILES string of the molecule is NS(=O)(=O)c1ccc(-n2nc(CCCCC(=O)Cc3ccc(OC(F)(F)F)cc3)cc2-c2ccccc2)cc1. The third-order valence-corrected chi connectivity index (χ3v) is 6.87. The summed E-state index contributed by atoms with van der Waals surface area (Å²) >= 11 is 0. The Morgan fingerprint density at radius 3 is 2.21 bits per heavy atom. The first-order valence-corrected chi connectivity index (χ1v) is 13.7. The van der Waals surface area contributed by atoms with Crippen molar-refractivity contribution in [2.75, 3.05) is 0 Å². The van der Waals surface area contributed by atoms with Crippen LogP contribution in [0.5, 0.6) is 5.75 Å². The van der Waals surface area contributed by atoms with E-state index in [0.717, 1.165) is 17.0 Å². The second kappa shape index (κ2) is 11.8. The molecule has 0 unspecified atom stereocenters. The van der Waals surface area contributed by atoms with Crippen LogP contribution in [0.15, 0.2) is 89.8 Å². The van der Waals surface area contributed by atoms with E-state index in [1.54, 1.807) is 16.8 Å². The van der Waals surface area contributed by atoms with Crippen molar-refractivity contribution in [3.05, 3.63) is 96.2 Å². The summed E-state index contributed by atoms with van der Waals surface area (Å²) in [6.07, 6.45) is -2.33. The number of benzene rings is 3. The minimum atomic E-state index is -4.76. The number of hydrogen-bond acceptors (Lipinski definition) is 5. The van der Waals surface area contributed by atoms with Crippen LogP contribution in [0, 0.1) is 0 Å². The fourth-order valence-electron chi connectivity index (χ4n) is 4.09. The van der Waals surface area contributed by atoms with Crippen LogP contribution in [0.1, 0.15) is 30.5 Å². The van der Waals surface area contributed by atoms with Gasteiger partial charge in [-0.05, 0) is 67.3 Å². The van der Waals surface area contributed by atoms with Crippen molar-refractivity contribution in [2.24, 2.45) is 5.14 Å². The van der Waals surface area contributed by atoms with Crippen LogP contribution in [0.4, 0.5) is 13.2 Å². The van der Waals surface area contributed by atoms with Crippen LogP contribution in [-0.2, 0) is 27.7 Å². The number of unbranched alkanes of at least 4 members (excludes halogenated alkanes) is 1. The zero-order valence-corrected chi connectivity index (χ0v) is 21.6. The molecule has 0 fully saturated rings. The van der Waals surface area contributed by atoms with Gasteiger partial charge in [0, 0.05) is 18.4 Å². The molecule has 0 atom stereocenters. The Balaban J connectivity index is 1.37. The maximum absolute atomic E-state index is 12.4. The second-order valence-electron chi connectivity index (χ2n) is 8.95. The van der Waals surface area contributed by atoms with Gasteiger partial charge in [0.25, 0.3) is 0 Å². The van der Waals surface area contributed by atoms with Crippen LogP contribution >= 0.6 is 0 Å². The number of primary sulfonamides is 1. The van der Waals surface area contributed by atoms with E-state index >= 15 is 0 Å². The fourth-order valence-corrected chi connectivity index (χ4v) is 4.61. The zero-order chi connectivity index (χ0) is 28.0. The maximum atomic E-state index is 12.4. The standard InChI is InChI=1S/C28H26F3N3O4S/c29-28(30,31)38-25-14-10-20(11-15-25)18-24(35)9-5-4-8-22-19-27(21-6-2-1-3-7-21)34(33-22)23-12-16-26(17-13-23)39(32,36)37/h1-3,6-7,10-17,19H,4-5,8-9,18H2,(H2,32,36,37). The molecule has 0 saturated carbocycles. The van der Waals surface area contributed by atoms with Crippen molar-refractivity contribution in [2.45, 2.75) is 43.4 Å². The van der Waals surface area contributed by atoms with Crippen molar-refractivity contribution in [1.82, 2.24) is 9.78 Å². The average molecular weight is 558 g/mol. The first kappa shape index (κ1) is 28.1. The van der Waals surface area contributed by atoms with Crippen molar-refractivity contribution in [3.63, 3.8) is 0 Å². The Labute approximate surface area is 224 Å². The molecule has 1 aromatic heterocycles. The molecular formula is C28H26F3N3O4S. The summed E-state index contributed by atoms with van der Waals surface area (Å²) in [6, 6.07) is 23.1. The van der Waals surface area contributed by atoms with E-state index < -0.39 is 16.4 Å². The van der Waals surface area contributed by atoms with E-state index in [1.807, 2.05) is 36.4 Å². The number of aromatic nitrogens is 2. The first-order valence-electron chi connectivity index (χ1n) is 12.1. The smallest absolute Gasteiger partial charge is 0.406 e. The van der Waals surface area contributed by atoms with Crippen LogP contribution in [0.2, 0.25) is 0 Å². The number of Topliss-reactive ketones (excluding diaryl/α,β-unsaturated/α-hetero) is 1. The van der Waals surface area contributed by atoms with Crippen LogP contribution < -0.4 is 9.88 Å². The Morgan fingerprint density at radius 1 is 0.923 bits per heavy atom. The van der Waals surface area contributed by atoms with E-state index in [0.29, 0.717) is 36.9 Å². The Kier molecular flexibility index (Phi) is 8.51. The molecule has 4 aromatic rings. The highest BCUT2D eigenvalue weighted by Crippen LogP contribution is 2.26. The predicted octanol–water partition coefficient (Wildman–Crippen LogP) is 5.61. The average Bonchev–Trinajstić information content (AvgIpc) is 3.31. The number of carbonyl (C=O) groups is 1. The van der Waals surface area contributed by atoms with E-state index in [2.05, 4.69) is 4.74 Å². The molecule has 39 heavy (non-hydrogen) atoms.